The van der Waals surface area contributed by atoms with Gasteiger partial charge < -0.3 is 14.4 Å². The van der Waals surface area contributed by atoms with E-state index in [1.54, 1.807) is 11.8 Å². The fourth-order valence-electron chi connectivity index (χ4n) is 3.28. The van der Waals surface area contributed by atoms with Crippen LogP contribution in [0, 0.1) is 16.0 Å². The van der Waals surface area contributed by atoms with Crippen LogP contribution < -0.4 is 9.64 Å². The molecule has 11 nitrogen and oxygen atoms in total. The molecule has 1 atom stereocenters. The van der Waals surface area contributed by atoms with Crippen molar-refractivity contribution in [3.05, 3.63) is 40.7 Å². The molecule has 0 saturated carbocycles. The zero-order chi connectivity index (χ0) is 22.6. The molecule has 3 rings (SSSR count). The quantitative estimate of drug-likeness (QED) is 0.288. The van der Waals surface area contributed by atoms with E-state index in [4.69, 9.17) is 9.47 Å². The summed E-state index contributed by atoms with van der Waals surface area (Å²) in [6, 6.07) is 5.69. The highest BCUT2D eigenvalue weighted by molar-refractivity contribution is 7.97. The minimum atomic E-state index is -3.13. The molecule has 2 aromatic rings. The summed E-state index contributed by atoms with van der Waals surface area (Å²) in [5.41, 5.74) is -0.386. The van der Waals surface area contributed by atoms with Crippen LogP contribution in [0.4, 0.5) is 11.5 Å². The molecule has 0 bridgehead atoms. The van der Waals surface area contributed by atoms with Crippen molar-refractivity contribution in [2.24, 2.45) is 5.92 Å². The van der Waals surface area contributed by atoms with Gasteiger partial charge >= 0.3 is 17.5 Å². The lowest BCUT2D eigenvalue weighted by Crippen LogP contribution is -2.37. The van der Waals surface area contributed by atoms with Gasteiger partial charge in [0.25, 0.3) is 0 Å². The van der Waals surface area contributed by atoms with Crippen LogP contribution in [0.25, 0.3) is 0 Å². The predicted molar refractivity (Wildman–Crippen MR) is 112 cm³/mol. The Morgan fingerprint density at radius 1 is 1.29 bits per heavy atom. The number of ether oxygens (including phenoxy) is 2. The van der Waals surface area contributed by atoms with E-state index in [1.165, 1.54) is 36.8 Å². The second kappa shape index (κ2) is 9.35. The topological polar surface area (TPSA) is 145 Å². The van der Waals surface area contributed by atoms with Gasteiger partial charge in [0.1, 0.15) is 18.3 Å². The maximum absolute atomic E-state index is 11.9. The van der Waals surface area contributed by atoms with Crippen molar-refractivity contribution >= 4 is 27.7 Å². The monoisotopic (exact) mass is 451 g/mol. The molecule has 0 spiro atoms. The van der Waals surface area contributed by atoms with Crippen LogP contribution in [-0.2, 0) is 24.0 Å². The van der Waals surface area contributed by atoms with Crippen LogP contribution in [-0.4, -0.2) is 51.4 Å². The molecule has 0 amide bonds. The Morgan fingerprint density at radius 3 is 2.48 bits per heavy atom. The predicted octanol–water partition coefficient (Wildman–Crippen LogP) is 2.92. The van der Waals surface area contributed by atoms with Gasteiger partial charge in [-0.05, 0) is 44.0 Å². The molecule has 1 aliphatic rings. The number of aromatic nitrogens is 2. The fraction of sp³-hybridized carbons (Fsp3) is 0.421. The summed E-state index contributed by atoms with van der Waals surface area (Å²) < 4.78 is 31.9. The van der Waals surface area contributed by atoms with E-state index < -0.39 is 15.1 Å². The lowest BCUT2D eigenvalue weighted by atomic mass is 9.97. The van der Waals surface area contributed by atoms with E-state index in [0.29, 0.717) is 32.5 Å². The minimum Gasteiger partial charge on any atom is -0.466 e. The summed E-state index contributed by atoms with van der Waals surface area (Å²) in [5.74, 6) is -0.407. The molecule has 1 aromatic heterocycles. The van der Waals surface area contributed by atoms with Gasteiger partial charge in [-0.25, -0.2) is 4.98 Å². The van der Waals surface area contributed by atoms with E-state index in [-0.39, 0.29) is 39.9 Å². The Hall–Kier alpha value is -3.12. The Bertz CT molecular complexity index is 1000. The van der Waals surface area contributed by atoms with Gasteiger partial charge in [-0.1, -0.05) is 4.21 Å². The first kappa shape index (κ1) is 22.6. The van der Waals surface area contributed by atoms with E-state index in [0.717, 1.165) is 0 Å². The standard InChI is InChI=1S/C19H22N4O7S/c1-3-29-19(24)13-8-10-22(11-9-13)17-16(23(25)26)18(21-12-20-17)30-14-4-6-15(7-5-14)31(2,27)28/h4-7,12-13H,3,8-11H2,1-2H3/p+1. The van der Waals surface area contributed by atoms with Crippen molar-refractivity contribution in [3.8, 4) is 11.6 Å². The number of nitrogens with zero attached hydrogens (tertiary/aromatic N) is 4. The van der Waals surface area contributed by atoms with Crippen molar-refractivity contribution in [1.29, 1.82) is 0 Å². The maximum atomic E-state index is 11.9. The van der Waals surface area contributed by atoms with Crippen molar-refractivity contribution < 1.29 is 28.0 Å². The number of piperidine rings is 1. The first-order valence-corrected chi connectivity index (χ1v) is 11.5. The number of hydrogen-bond acceptors (Lipinski definition) is 9. The van der Waals surface area contributed by atoms with Gasteiger partial charge in [-0.15, -0.1) is 0 Å². The van der Waals surface area contributed by atoms with Crippen LogP contribution in [0.5, 0.6) is 11.6 Å². The molecule has 2 heterocycles. The highest BCUT2D eigenvalue weighted by atomic mass is 32.3. The molecular weight excluding hydrogens is 428 g/mol. The number of esters is 1. The van der Waals surface area contributed by atoms with Gasteiger partial charge in [0, 0.05) is 13.1 Å². The number of benzene rings is 1. The van der Waals surface area contributed by atoms with Crippen LogP contribution in [0.1, 0.15) is 19.8 Å². The zero-order valence-corrected chi connectivity index (χ0v) is 17.9. The summed E-state index contributed by atoms with van der Waals surface area (Å²) in [5, 5.41) is 11.8. The Labute approximate surface area is 179 Å². The SMILES string of the molecule is CCOC(=O)C1CCN(c2ncnc(Oc3ccc([S+](C)(=O)O)cc3)c2[N+](=O)[O-])CC1. The van der Waals surface area contributed by atoms with Crippen molar-refractivity contribution in [2.75, 3.05) is 30.9 Å². The van der Waals surface area contributed by atoms with Gasteiger partial charge in [-0.3, -0.25) is 14.9 Å². The summed E-state index contributed by atoms with van der Waals surface area (Å²) in [6.07, 6.45) is 3.36. The highest BCUT2D eigenvalue weighted by Crippen LogP contribution is 2.37. The average Bonchev–Trinajstić information content (AvgIpc) is 2.73. The fourth-order valence-corrected chi connectivity index (χ4v) is 3.92. The van der Waals surface area contributed by atoms with E-state index in [1.807, 2.05) is 0 Å². The molecule has 0 radical (unpaired) electrons. The molecule has 1 saturated heterocycles. The number of nitro groups is 1. The molecule has 1 N–H and O–H groups in total. The molecular formula is C19H23N4O7S+. The molecule has 1 aliphatic heterocycles. The summed E-state index contributed by atoms with van der Waals surface area (Å²) in [7, 11) is -3.13. The van der Waals surface area contributed by atoms with Gasteiger partial charge in [0.15, 0.2) is 4.90 Å². The third kappa shape index (κ3) is 5.33. The molecule has 1 aromatic carbocycles. The Balaban J connectivity index is 1.81. The van der Waals surface area contributed by atoms with Gasteiger partial charge in [0.05, 0.1) is 17.4 Å². The van der Waals surface area contributed by atoms with Crippen LogP contribution in [0.2, 0.25) is 0 Å². The first-order chi connectivity index (χ1) is 14.7. The number of hydrogen-bond donors (Lipinski definition) is 1. The zero-order valence-electron chi connectivity index (χ0n) is 17.1. The smallest absolute Gasteiger partial charge is 0.373 e. The maximum Gasteiger partial charge on any atom is 0.373 e. The third-order valence-corrected chi connectivity index (χ3v) is 5.99. The molecule has 31 heavy (non-hydrogen) atoms. The van der Waals surface area contributed by atoms with Crippen LogP contribution in [0.15, 0.2) is 35.5 Å². The molecule has 166 valence electrons. The Kier molecular flexibility index (Phi) is 6.81. The average molecular weight is 451 g/mol. The van der Waals surface area contributed by atoms with Crippen LogP contribution >= 0.6 is 0 Å². The lowest BCUT2D eigenvalue weighted by Gasteiger charge is -2.31. The number of carbonyl (C=O) groups is 1. The van der Waals surface area contributed by atoms with Gasteiger partial charge in [0.2, 0.25) is 16.0 Å². The molecule has 1 fully saturated rings. The van der Waals surface area contributed by atoms with Crippen molar-refractivity contribution in [3.63, 3.8) is 0 Å². The van der Waals surface area contributed by atoms with Crippen molar-refractivity contribution in [1.82, 2.24) is 9.97 Å². The van der Waals surface area contributed by atoms with Crippen LogP contribution in [0.3, 0.4) is 0 Å². The number of rotatable bonds is 7. The largest absolute Gasteiger partial charge is 0.466 e. The highest BCUT2D eigenvalue weighted by Gasteiger charge is 2.33. The molecule has 0 aliphatic carbocycles. The molecule has 12 heteroatoms. The first-order valence-electron chi connectivity index (χ1n) is 9.61. The third-order valence-electron chi connectivity index (χ3n) is 4.84. The van der Waals surface area contributed by atoms with E-state index in [2.05, 4.69) is 9.97 Å². The summed E-state index contributed by atoms with van der Waals surface area (Å²) >= 11 is 0. The van der Waals surface area contributed by atoms with E-state index >= 15 is 0 Å². The summed E-state index contributed by atoms with van der Waals surface area (Å²) in [4.78, 5) is 33.0. The van der Waals surface area contributed by atoms with Gasteiger partial charge in [-0.2, -0.15) is 9.54 Å². The Morgan fingerprint density at radius 2 is 1.94 bits per heavy atom. The lowest BCUT2D eigenvalue weighted by molar-refractivity contribution is -0.385. The second-order valence-electron chi connectivity index (χ2n) is 7.00. The van der Waals surface area contributed by atoms with Crippen molar-refractivity contribution in [2.45, 2.75) is 24.7 Å². The minimum absolute atomic E-state index is 0.112. The second-order valence-corrected chi connectivity index (χ2v) is 9.07. The normalized spacial score (nSPS) is 16.4. The molecule has 1 unspecified atom stereocenters. The number of anilines is 1. The number of carbonyl (C=O) groups excluding carboxylic acids is 1. The van der Waals surface area contributed by atoms with E-state index in [9.17, 15) is 23.7 Å². The summed E-state index contributed by atoms with van der Waals surface area (Å²) in [6.45, 7) is 2.86.